The number of halogens is 1. The molecule has 0 unspecified atom stereocenters. The van der Waals surface area contributed by atoms with E-state index in [1.165, 1.54) is 22.4 Å². The third-order valence-electron chi connectivity index (χ3n) is 5.09. The van der Waals surface area contributed by atoms with Gasteiger partial charge < -0.3 is 0 Å². The van der Waals surface area contributed by atoms with Crippen LogP contribution in [0.5, 0.6) is 0 Å². The molecule has 1 N–H and O–H groups in total. The van der Waals surface area contributed by atoms with E-state index in [0.29, 0.717) is 11.2 Å². The lowest BCUT2D eigenvalue weighted by Gasteiger charge is -2.12. The molecule has 0 aliphatic heterocycles. The summed E-state index contributed by atoms with van der Waals surface area (Å²) in [7, 11) is 0. The fourth-order valence-corrected chi connectivity index (χ4v) is 5.29. The Labute approximate surface area is 174 Å². The van der Waals surface area contributed by atoms with Crippen LogP contribution < -0.4 is 11.0 Å². The molecule has 1 aliphatic rings. The maximum absolute atomic E-state index is 13.2. The first-order valence-electron chi connectivity index (χ1n) is 9.47. The third kappa shape index (κ3) is 3.65. The molecule has 0 atom stereocenters. The molecule has 3 heterocycles. The van der Waals surface area contributed by atoms with Crippen LogP contribution in [-0.2, 0) is 24.2 Å². The van der Waals surface area contributed by atoms with E-state index in [-0.39, 0.29) is 18.0 Å². The molecule has 28 heavy (non-hydrogen) atoms. The molecule has 3 aromatic heterocycles. The van der Waals surface area contributed by atoms with Gasteiger partial charge in [-0.2, -0.15) is 5.10 Å². The molecular weight excluding hydrogens is 442 g/mol. The minimum atomic E-state index is -0.320. The van der Waals surface area contributed by atoms with Gasteiger partial charge in [0, 0.05) is 11.1 Å². The lowest BCUT2D eigenvalue weighted by atomic mass is 9.98. The normalized spacial score (nSPS) is 14.5. The van der Waals surface area contributed by atoms with Crippen LogP contribution >= 0.6 is 27.3 Å². The van der Waals surface area contributed by atoms with Crippen molar-refractivity contribution in [1.82, 2.24) is 19.4 Å². The number of aromatic nitrogens is 4. The highest BCUT2D eigenvalue weighted by Crippen LogP contribution is 2.32. The van der Waals surface area contributed by atoms with Crippen molar-refractivity contribution in [3.63, 3.8) is 0 Å². The lowest BCUT2D eigenvalue weighted by Crippen LogP contribution is -2.37. The predicted molar refractivity (Wildman–Crippen MR) is 114 cm³/mol. The number of hydrogen-bond acceptors (Lipinski definition) is 5. The molecule has 0 bridgehead atoms. The Morgan fingerprint density at radius 3 is 2.71 bits per heavy atom. The van der Waals surface area contributed by atoms with Crippen LogP contribution in [0.3, 0.4) is 0 Å². The molecule has 0 saturated heterocycles. The van der Waals surface area contributed by atoms with E-state index >= 15 is 0 Å². The van der Waals surface area contributed by atoms with Crippen molar-refractivity contribution in [2.24, 2.45) is 0 Å². The first-order valence-corrected chi connectivity index (χ1v) is 11.1. The van der Waals surface area contributed by atoms with Crippen molar-refractivity contribution >= 4 is 43.4 Å². The van der Waals surface area contributed by atoms with Crippen LogP contribution in [0.1, 0.15) is 47.6 Å². The molecule has 0 aromatic carbocycles. The maximum Gasteiger partial charge on any atom is 0.281 e. The smallest absolute Gasteiger partial charge is 0.271 e. The van der Waals surface area contributed by atoms with Gasteiger partial charge in [0.1, 0.15) is 17.2 Å². The Bertz CT molecular complexity index is 1090. The Morgan fingerprint density at radius 1 is 1.25 bits per heavy atom. The Morgan fingerprint density at radius 2 is 2.00 bits per heavy atom. The van der Waals surface area contributed by atoms with Gasteiger partial charge in [0.2, 0.25) is 0 Å². The summed E-state index contributed by atoms with van der Waals surface area (Å²) in [5.41, 5.74) is 4.45. The number of nitrogens with one attached hydrogen (secondary N) is 1. The third-order valence-corrected chi connectivity index (χ3v) is 7.05. The van der Waals surface area contributed by atoms with Crippen LogP contribution in [-0.4, -0.2) is 25.3 Å². The summed E-state index contributed by atoms with van der Waals surface area (Å²) in [6, 6.07) is 0. The number of hydrogen-bond donors (Lipinski definition) is 1. The Kier molecular flexibility index (Phi) is 5.37. The summed E-state index contributed by atoms with van der Waals surface area (Å²) in [5.74, 6) is 0.164. The predicted octanol–water partition coefficient (Wildman–Crippen LogP) is 3.46. The zero-order valence-corrected chi connectivity index (χ0v) is 18.3. The molecule has 9 heteroatoms. The number of aryl methyl sites for hydroxylation is 4. The van der Waals surface area contributed by atoms with E-state index < -0.39 is 0 Å². The molecule has 3 aromatic rings. The fraction of sp³-hybridized carbons (Fsp3) is 0.474. The average Bonchev–Trinajstić information content (AvgIpc) is 3.10. The van der Waals surface area contributed by atoms with E-state index in [2.05, 4.69) is 31.4 Å². The fourth-order valence-electron chi connectivity index (χ4n) is 3.67. The Hall–Kier alpha value is -2.00. The van der Waals surface area contributed by atoms with E-state index in [1.54, 1.807) is 29.1 Å². The number of fused-ring (bicyclic) bond motifs is 3. The summed E-state index contributed by atoms with van der Waals surface area (Å²) in [4.78, 5) is 32.4. The molecule has 4 rings (SSSR count). The van der Waals surface area contributed by atoms with Crippen molar-refractivity contribution in [1.29, 1.82) is 0 Å². The first kappa shape index (κ1) is 19.3. The Balaban J connectivity index is 1.67. The van der Waals surface area contributed by atoms with Crippen molar-refractivity contribution in [2.75, 3.05) is 5.43 Å². The molecule has 7 nitrogen and oxygen atoms in total. The monoisotopic (exact) mass is 463 g/mol. The minimum absolute atomic E-state index is 0.0259. The van der Waals surface area contributed by atoms with Gasteiger partial charge in [-0.05, 0) is 61.0 Å². The molecule has 0 fully saturated rings. The van der Waals surface area contributed by atoms with E-state index in [9.17, 15) is 9.59 Å². The van der Waals surface area contributed by atoms with Gasteiger partial charge in [-0.25, -0.2) is 9.66 Å². The second kappa shape index (κ2) is 7.79. The van der Waals surface area contributed by atoms with Crippen LogP contribution in [0.25, 0.3) is 10.2 Å². The van der Waals surface area contributed by atoms with E-state index in [1.807, 2.05) is 6.92 Å². The van der Waals surface area contributed by atoms with E-state index in [4.69, 9.17) is 0 Å². The van der Waals surface area contributed by atoms with Crippen molar-refractivity contribution in [2.45, 2.75) is 58.9 Å². The molecule has 0 saturated carbocycles. The summed E-state index contributed by atoms with van der Waals surface area (Å²) < 4.78 is 3.66. The quantitative estimate of drug-likeness (QED) is 0.644. The number of rotatable bonds is 3. The second-order valence-corrected chi connectivity index (χ2v) is 9.13. The molecule has 148 valence electrons. The molecule has 0 spiro atoms. The first-order chi connectivity index (χ1) is 13.4. The number of carbonyl (C=O) groups excluding carboxylic acids is 1. The molecule has 0 radical (unpaired) electrons. The zero-order chi connectivity index (χ0) is 19.8. The van der Waals surface area contributed by atoms with Crippen LogP contribution in [0.2, 0.25) is 0 Å². The number of thiophene rings is 1. The standard InChI is InChI=1S/C19H22BrN5O2S/c1-11-14(20)9-24(22-11)10-16(26)23-25-12(2)21-18-17(19(25)27)13-7-5-3-4-6-8-15(13)28-18/h9H,3-8,10H2,1-2H3,(H,23,26). The highest BCUT2D eigenvalue weighted by molar-refractivity contribution is 9.10. The molecule has 1 aliphatic carbocycles. The highest BCUT2D eigenvalue weighted by Gasteiger charge is 2.20. The second-order valence-electron chi connectivity index (χ2n) is 7.19. The van der Waals surface area contributed by atoms with Gasteiger partial charge in [0.25, 0.3) is 11.5 Å². The average molecular weight is 464 g/mol. The van der Waals surface area contributed by atoms with Crippen molar-refractivity contribution < 1.29 is 4.79 Å². The minimum Gasteiger partial charge on any atom is -0.271 e. The summed E-state index contributed by atoms with van der Waals surface area (Å²) in [6.45, 7) is 3.63. The maximum atomic E-state index is 13.2. The van der Waals surface area contributed by atoms with Gasteiger partial charge >= 0.3 is 0 Å². The summed E-state index contributed by atoms with van der Waals surface area (Å²) >= 11 is 5.02. The van der Waals surface area contributed by atoms with Gasteiger partial charge in [-0.15, -0.1) is 11.3 Å². The topological polar surface area (TPSA) is 81.8 Å². The van der Waals surface area contributed by atoms with Gasteiger partial charge in [-0.3, -0.25) is 19.7 Å². The van der Waals surface area contributed by atoms with Gasteiger partial charge in [0.15, 0.2) is 0 Å². The number of amides is 1. The van der Waals surface area contributed by atoms with Gasteiger partial charge in [-0.1, -0.05) is 12.8 Å². The van der Waals surface area contributed by atoms with Gasteiger partial charge in [0.05, 0.1) is 15.6 Å². The van der Waals surface area contributed by atoms with Crippen molar-refractivity contribution in [3.8, 4) is 0 Å². The van der Waals surface area contributed by atoms with E-state index in [0.717, 1.165) is 46.2 Å². The van der Waals surface area contributed by atoms with Crippen molar-refractivity contribution in [3.05, 3.63) is 43.0 Å². The number of nitrogens with zero attached hydrogens (tertiary/aromatic N) is 4. The largest absolute Gasteiger partial charge is 0.281 e. The summed E-state index contributed by atoms with van der Waals surface area (Å²) in [6.07, 6.45) is 8.34. The molecular formula is C19H22BrN5O2S. The highest BCUT2D eigenvalue weighted by atomic mass is 79.9. The number of carbonyl (C=O) groups is 1. The van der Waals surface area contributed by atoms with Crippen LogP contribution in [0.15, 0.2) is 15.5 Å². The lowest BCUT2D eigenvalue weighted by molar-refractivity contribution is -0.117. The SMILES string of the molecule is Cc1nn(CC(=O)Nn2c(C)nc3sc4c(c3c2=O)CCCCCC4)cc1Br. The van der Waals surface area contributed by atoms with Crippen LogP contribution in [0.4, 0.5) is 0 Å². The summed E-state index contributed by atoms with van der Waals surface area (Å²) in [5, 5.41) is 4.93. The van der Waals surface area contributed by atoms with Crippen LogP contribution in [0, 0.1) is 13.8 Å². The zero-order valence-electron chi connectivity index (χ0n) is 15.9. The molecule has 1 amide bonds.